The molecule has 4 heteroatoms. The summed E-state index contributed by atoms with van der Waals surface area (Å²) in [6, 6.07) is 16.5. The van der Waals surface area contributed by atoms with Crippen molar-refractivity contribution in [1.82, 2.24) is 0 Å². The Labute approximate surface area is 146 Å². The summed E-state index contributed by atoms with van der Waals surface area (Å²) in [7, 11) is 0. The van der Waals surface area contributed by atoms with Gasteiger partial charge in [0.25, 0.3) is 0 Å². The Bertz CT molecular complexity index is 680. The van der Waals surface area contributed by atoms with Gasteiger partial charge < -0.3 is 9.47 Å². The molecule has 0 fully saturated rings. The van der Waals surface area contributed by atoms with Crippen LogP contribution >= 0.6 is 23.5 Å². The van der Waals surface area contributed by atoms with Crippen LogP contribution in [0.4, 0.5) is 0 Å². The van der Waals surface area contributed by atoms with Crippen LogP contribution in [0.1, 0.15) is 20.3 Å². The number of fused-ring (bicyclic) bond motifs is 1. The van der Waals surface area contributed by atoms with Gasteiger partial charge in [-0.2, -0.15) is 0 Å². The van der Waals surface area contributed by atoms with E-state index in [2.05, 4.69) is 38.1 Å². The van der Waals surface area contributed by atoms with E-state index in [1.165, 1.54) is 16.2 Å². The standard InChI is InChI=1S/C19H20O2S2/c1-3-14(2)23-17-10-8-16(9-11-17)22-13-15-12-20-18-6-4-5-7-19(18)21-15/h4-12,14H,3,13H2,1-2H3. The van der Waals surface area contributed by atoms with Crippen molar-refractivity contribution >= 4 is 23.5 Å². The van der Waals surface area contributed by atoms with Gasteiger partial charge in [-0.25, -0.2) is 0 Å². The fourth-order valence-electron chi connectivity index (χ4n) is 2.07. The average molecular weight is 345 g/mol. The van der Waals surface area contributed by atoms with Crippen molar-refractivity contribution in [2.45, 2.75) is 35.3 Å². The molecule has 0 radical (unpaired) electrons. The maximum atomic E-state index is 5.86. The summed E-state index contributed by atoms with van der Waals surface area (Å²) < 4.78 is 11.5. The van der Waals surface area contributed by atoms with Crippen LogP contribution in [0, 0.1) is 0 Å². The van der Waals surface area contributed by atoms with Crippen molar-refractivity contribution < 1.29 is 9.47 Å². The molecule has 0 aromatic heterocycles. The number of thioether (sulfide) groups is 2. The van der Waals surface area contributed by atoms with Gasteiger partial charge >= 0.3 is 0 Å². The van der Waals surface area contributed by atoms with Crippen LogP contribution in [-0.4, -0.2) is 11.0 Å². The topological polar surface area (TPSA) is 18.5 Å². The first-order chi connectivity index (χ1) is 11.2. The van der Waals surface area contributed by atoms with E-state index in [0.717, 1.165) is 23.0 Å². The first-order valence-electron chi connectivity index (χ1n) is 7.76. The second kappa shape index (κ2) is 7.84. The summed E-state index contributed by atoms with van der Waals surface area (Å²) in [6.07, 6.45) is 2.89. The summed E-state index contributed by atoms with van der Waals surface area (Å²) in [5, 5.41) is 0.659. The summed E-state index contributed by atoms with van der Waals surface area (Å²) >= 11 is 3.68. The van der Waals surface area contributed by atoms with Gasteiger partial charge in [-0.15, -0.1) is 23.5 Å². The van der Waals surface area contributed by atoms with Crippen LogP contribution < -0.4 is 9.47 Å². The molecule has 3 rings (SSSR count). The molecule has 1 heterocycles. The number of ether oxygens (including phenoxy) is 2. The molecule has 0 spiro atoms. The van der Waals surface area contributed by atoms with E-state index >= 15 is 0 Å². The van der Waals surface area contributed by atoms with Crippen molar-refractivity contribution in [2.24, 2.45) is 0 Å². The average Bonchev–Trinajstić information content (AvgIpc) is 2.61. The van der Waals surface area contributed by atoms with E-state index in [9.17, 15) is 0 Å². The van der Waals surface area contributed by atoms with Gasteiger partial charge in [-0.3, -0.25) is 0 Å². The van der Waals surface area contributed by atoms with E-state index in [1.54, 1.807) is 18.0 Å². The zero-order valence-corrected chi connectivity index (χ0v) is 15.0. The Morgan fingerprint density at radius 3 is 2.39 bits per heavy atom. The molecule has 1 aliphatic rings. The van der Waals surface area contributed by atoms with Gasteiger partial charge in [0.15, 0.2) is 11.5 Å². The number of benzene rings is 2. The molecule has 0 amide bonds. The van der Waals surface area contributed by atoms with Crippen LogP contribution in [-0.2, 0) is 0 Å². The SMILES string of the molecule is CCC(C)Sc1ccc(SCC2=COc3ccccc3O2)cc1. The largest absolute Gasteiger partial charge is 0.458 e. The molecule has 0 N–H and O–H groups in total. The van der Waals surface area contributed by atoms with E-state index in [0.29, 0.717) is 5.25 Å². The number of hydrogen-bond acceptors (Lipinski definition) is 4. The highest BCUT2D eigenvalue weighted by atomic mass is 32.2. The molecule has 2 nitrogen and oxygen atoms in total. The highest BCUT2D eigenvalue weighted by molar-refractivity contribution is 8.00. The van der Waals surface area contributed by atoms with Crippen LogP contribution in [0.3, 0.4) is 0 Å². The molecule has 0 aliphatic carbocycles. The Hall–Kier alpha value is -1.52. The van der Waals surface area contributed by atoms with Crippen molar-refractivity contribution in [2.75, 3.05) is 5.75 Å². The number of hydrogen-bond donors (Lipinski definition) is 0. The van der Waals surface area contributed by atoms with Gasteiger partial charge in [0.2, 0.25) is 0 Å². The zero-order valence-electron chi connectivity index (χ0n) is 13.3. The molecule has 0 saturated heterocycles. The third-order valence-corrected chi connectivity index (χ3v) is 5.84. The molecule has 0 saturated carbocycles. The Morgan fingerprint density at radius 1 is 0.957 bits per heavy atom. The predicted octanol–water partition coefficient (Wildman–Crippen LogP) is 5.98. The Balaban J connectivity index is 1.54. The molecule has 0 bridgehead atoms. The van der Waals surface area contributed by atoms with Crippen molar-refractivity contribution in [3.8, 4) is 11.5 Å². The quantitative estimate of drug-likeness (QED) is 0.600. The maximum absolute atomic E-state index is 5.86. The lowest BCUT2D eigenvalue weighted by atomic mass is 10.3. The third kappa shape index (κ3) is 4.49. The van der Waals surface area contributed by atoms with Crippen molar-refractivity contribution in [3.63, 3.8) is 0 Å². The lowest BCUT2D eigenvalue weighted by molar-refractivity contribution is 0.329. The molecular formula is C19H20O2S2. The van der Waals surface area contributed by atoms with Crippen molar-refractivity contribution in [3.05, 3.63) is 60.6 Å². The van der Waals surface area contributed by atoms with Crippen LogP contribution in [0.2, 0.25) is 0 Å². The van der Waals surface area contributed by atoms with Gasteiger partial charge in [-0.1, -0.05) is 26.0 Å². The normalized spacial score (nSPS) is 14.3. The summed E-state index contributed by atoms with van der Waals surface area (Å²) in [6.45, 7) is 4.48. The van der Waals surface area contributed by atoms with Gasteiger partial charge in [0.1, 0.15) is 12.0 Å². The molecule has 2 aromatic carbocycles. The molecule has 23 heavy (non-hydrogen) atoms. The summed E-state index contributed by atoms with van der Waals surface area (Å²) in [4.78, 5) is 2.57. The van der Waals surface area contributed by atoms with E-state index < -0.39 is 0 Å². The minimum atomic E-state index is 0.659. The highest BCUT2D eigenvalue weighted by Gasteiger charge is 2.13. The molecule has 120 valence electrons. The first kappa shape index (κ1) is 16.3. The Morgan fingerprint density at radius 2 is 1.65 bits per heavy atom. The van der Waals surface area contributed by atoms with Crippen molar-refractivity contribution in [1.29, 1.82) is 0 Å². The van der Waals surface area contributed by atoms with Crippen LogP contribution in [0.5, 0.6) is 11.5 Å². The van der Waals surface area contributed by atoms with Crippen LogP contribution in [0.15, 0.2) is 70.3 Å². The minimum absolute atomic E-state index is 0.659. The highest BCUT2D eigenvalue weighted by Crippen LogP contribution is 2.34. The van der Waals surface area contributed by atoms with Gasteiger partial charge in [0.05, 0.1) is 5.75 Å². The smallest absolute Gasteiger partial charge is 0.169 e. The molecule has 1 aliphatic heterocycles. The van der Waals surface area contributed by atoms with E-state index in [-0.39, 0.29) is 0 Å². The number of rotatable bonds is 6. The molecule has 1 atom stereocenters. The summed E-state index contributed by atoms with van der Waals surface area (Å²) in [5.41, 5.74) is 0. The second-order valence-corrected chi connectivity index (χ2v) is 7.91. The third-order valence-electron chi connectivity index (χ3n) is 3.52. The van der Waals surface area contributed by atoms with E-state index in [1.807, 2.05) is 36.0 Å². The van der Waals surface area contributed by atoms with Gasteiger partial charge in [-0.05, 0) is 42.8 Å². The van der Waals surface area contributed by atoms with Crippen LogP contribution in [0.25, 0.3) is 0 Å². The fraction of sp³-hybridized carbons (Fsp3) is 0.263. The predicted molar refractivity (Wildman–Crippen MR) is 98.6 cm³/mol. The lowest BCUT2D eigenvalue weighted by Gasteiger charge is -2.17. The Kier molecular flexibility index (Phi) is 5.57. The maximum Gasteiger partial charge on any atom is 0.169 e. The monoisotopic (exact) mass is 344 g/mol. The molecule has 2 aromatic rings. The molecule has 1 unspecified atom stereocenters. The molecular weight excluding hydrogens is 324 g/mol. The lowest BCUT2D eigenvalue weighted by Crippen LogP contribution is -2.06. The van der Waals surface area contributed by atoms with E-state index in [4.69, 9.17) is 9.47 Å². The first-order valence-corrected chi connectivity index (χ1v) is 9.63. The summed E-state index contributed by atoms with van der Waals surface area (Å²) in [5.74, 6) is 3.15. The zero-order chi connectivity index (χ0) is 16.1. The number of para-hydroxylation sites is 2. The minimum Gasteiger partial charge on any atom is -0.458 e. The fourth-order valence-corrected chi connectivity index (χ4v) is 3.76. The second-order valence-electron chi connectivity index (χ2n) is 5.35. The van der Waals surface area contributed by atoms with Gasteiger partial charge in [0, 0.05) is 15.0 Å².